The Labute approximate surface area is 251 Å². The number of amides is 3. The van der Waals surface area contributed by atoms with Gasteiger partial charge in [-0.25, -0.2) is 9.59 Å². The summed E-state index contributed by atoms with van der Waals surface area (Å²) in [6, 6.07) is 17.7. The standard InChI is InChI=1S/C32H38N4O7/c1-20-16-36(21(2)19-37)30(38)26-6-5-7-27(34-32(41)33-24-12-14-25(42-4)15-13-24)29(26)43-28(20)18-35(3)17-22-8-10-23(11-9-22)31(39)40/h5-15,20-21,28,37H,16-19H2,1-4H3,(H,39,40)(H2,33,34,41)/t20-,21-,28-/m0/s1. The predicted octanol–water partition coefficient (Wildman–Crippen LogP) is 4.39. The molecular weight excluding hydrogens is 552 g/mol. The molecule has 3 aromatic rings. The van der Waals surface area contributed by atoms with Crippen LogP contribution >= 0.6 is 0 Å². The Morgan fingerprint density at radius 2 is 1.79 bits per heavy atom. The van der Waals surface area contributed by atoms with Crippen LogP contribution in [-0.4, -0.2) is 83.9 Å². The largest absolute Gasteiger partial charge is 0.497 e. The minimum atomic E-state index is -0.978. The quantitative estimate of drug-likeness (QED) is 0.273. The summed E-state index contributed by atoms with van der Waals surface area (Å²) in [4.78, 5) is 41.6. The van der Waals surface area contributed by atoms with Gasteiger partial charge in [0, 0.05) is 31.2 Å². The molecule has 3 aromatic carbocycles. The first-order valence-corrected chi connectivity index (χ1v) is 14.0. The van der Waals surface area contributed by atoms with Crippen LogP contribution in [0.3, 0.4) is 0 Å². The van der Waals surface area contributed by atoms with Gasteiger partial charge in [-0.15, -0.1) is 0 Å². The number of aromatic carboxylic acids is 1. The van der Waals surface area contributed by atoms with Crippen LogP contribution in [0.1, 0.15) is 40.1 Å². The lowest BCUT2D eigenvalue weighted by Gasteiger charge is -2.38. The lowest BCUT2D eigenvalue weighted by atomic mass is 9.98. The molecule has 43 heavy (non-hydrogen) atoms. The van der Waals surface area contributed by atoms with E-state index >= 15 is 0 Å². The Bertz CT molecular complexity index is 1430. The summed E-state index contributed by atoms with van der Waals surface area (Å²) in [7, 11) is 3.50. The van der Waals surface area contributed by atoms with Gasteiger partial charge in [-0.3, -0.25) is 9.69 Å². The van der Waals surface area contributed by atoms with Crippen LogP contribution in [0.15, 0.2) is 66.7 Å². The number of benzene rings is 3. The van der Waals surface area contributed by atoms with Crippen LogP contribution in [0.25, 0.3) is 0 Å². The number of carbonyl (C=O) groups excluding carboxylic acids is 2. The number of para-hydroxylation sites is 1. The Hall–Kier alpha value is -4.61. The maximum absolute atomic E-state index is 13.7. The number of likely N-dealkylation sites (N-methyl/N-ethyl adjacent to an activating group) is 1. The highest BCUT2D eigenvalue weighted by Gasteiger charge is 2.34. The summed E-state index contributed by atoms with van der Waals surface area (Å²) in [5.74, 6) is -0.500. The van der Waals surface area contributed by atoms with Crippen LogP contribution < -0.4 is 20.1 Å². The minimum Gasteiger partial charge on any atom is -0.497 e. The molecular formula is C32H38N4O7. The molecule has 4 rings (SSSR count). The van der Waals surface area contributed by atoms with Crippen molar-refractivity contribution in [3.05, 3.63) is 83.4 Å². The van der Waals surface area contributed by atoms with E-state index in [0.717, 1.165) is 5.56 Å². The fourth-order valence-electron chi connectivity index (χ4n) is 4.95. The zero-order chi connectivity index (χ0) is 31.1. The van der Waals surface area contributed by atoms with Gasteiger partial charge >= 0.3 is 12.0 Å². The Balaban J connectivity index is 1.59. The van der Waals surface area contributed by atoms with E-state index < -0.39 is 24.1 Å². The molecule has 11 nitrogen and oxygen atoms in total. The molecule has 0 saturated carbocycles. The molecule has 0 bridgehead atoms. The van der Waals surface area contributed by atoms with E-state index in [-0.39, 0.29) is 35.3 Å². The molecule has 3 amide bonds. The SMILES string of the molecule is COc1ccc(NC(=O)Nc2cccc3c2O[C@@H](CN(C)Cc2ccc(C(=O)O)cc2)[C@@H](C)CN([C@@H](C)CO)C3=O)cc1. The summed E-state index contributed by atoms with van der Waals surface area (Å²) in [6.07, 6.45) is -0.392. The minimum absolute atomic E-state index is 0.135. The van der Waals surface area contributed by atoms with E-state index in [4.69, 9.17) is 9.47 Å². The van der Waals surface area contributed by atoms with Crippen LogP contribution in [0.5, 0.6) is 11.5 Å². The Morgan fingerprint density at radius 1 is 1.09 bits per heavy atom. The molecule has 11 heteroatoms. The first kappa shape index (κ1) is 31.3. The maximum Gasteiger partial charge on any atom is 0.335 e. The average molecular weight is 591 g/mol. The summed E-state index contributed by atoms with van der Waals surface area (Å²) in [5.41, 5.74) is 2.33. The molecule has 0 saturated heterocycles. The van der Waals surface area contributed by atoms with Crippen molar-refractivity contribution >= 4 is 29.3 Å². The fraction of sp³-hybridized carbons (Fsp3) is 0.344. The second-order valence-corrected chi connectivity index (χ2v) is 10.8. The van der Waals surface area contributed by atoms with E-state index in [2.05, 4.69) is 15.5 Å². The van der Waals surface area contributed by atoms with Gasteiger partial charge in [0.15, 0.2) is 5.75 Å². The van der Waals surface area contributed by atoms with E-state index in [1.54, 1.807) is 85.7 Å². The summed E-state index contributed by atoms with van der Waals surface area (Å²) >= 11 is 0. The third-order valence-corrected chi connectivity index (χ3v) is 7.43. The fourth-order valence-corrected chi connectivity index (χ4v) is 4.95. The maximum atomic E-state index is 13.7. The van der Waals surface area contributed by atoms with Gasteiger partial charge in [0.05, 0.1) is 36.6 Å². The molecule has 0 spiro atoms. The lowest BCUT2D eigenvalue weighted by Crippen LogP contribution is -2.49. The van der Waals surface area contributed by atoms with E-state index in [0.29, 0.717) is 36.8 Å². The van der Waals surface area contributed by atoms with Crippen molar-refractivity contribution < 1.29 is 34.1 Å². The number of carboxylic acid groups (broad SMARTS) is 1. The number of rotatable bonds is 10. The zero-order valence-corrected chi connectivity index (χ0v) is 24.7. The average Bonchev–Trinajstić information content (AvgIpc) is 2.99. The number of hydrogen-bond acceptors (Lipinski definition) is 7. The number of aliphatic hydroxyl groups is 1. The van der Waals surface area contributed by atoms with Crippen molar-refractivity contribution in [3.8, 4) is 11.5 Å². The Morgan fingerprint density at radius 3 is 2.42 bits per heavy atom. The number of aliphatic hydroxyl groups excluding tert-OH is 1. The number of hydrogen-bond donors (Lipinski definition) is 4. The molecule has 3 atom stereocenters. The van der Waals surface area contributed by atoms with Gasteiger partial charge in [-0.1, -0.05) is 25.1 Å². The van der Waals surface area contributed by atoms with E-state index in [1.807, 2.05) is 14.0 Å². The molecule has 0 aliphatic carbocycles. The molecule has 228 valence electrons. The van der Waals surface area contributed by atoms with Crippen molar-refractivity contribution in [3.63, 3.8) is 0 Å². The lowest BCUT2D eigenvalue weighted by molar-refractivity contribution is 0.0343. The molecule has 1 heterocycles. The van der Waals surface area contributed by atoms with E-state index in [9.17, 15) is 24.6 Å². The number of fused-ring (bicyclic) bond motifs is 1. The van der Waals surface area contributed by atoms with Gasteiger partial charge in [-0.2, -0.15) is 0 Å². The smallest absolute Gasteiger partial charge is 0.335 e. The van der Waals surface area contributed by atoms with Crippen molar-refractivity contribution in [2.24, 2.45) is 5.92 Å². The molecule has 0 unspecified atom stereocenters. The third kappa shape index (κ3) is 7.82. The van der Waals surface area contributed by atoms with Crippen LogP contribution in [0.2, 0.25) is 0 Å². The van der Waals surface area contributed by atoms with E-state index in [1.165, 1.54) is 0 Å². The highest BCUT2D eigenvalue weighted by Crippen LogP contribution is 2.35. The summed E-state index contributed by atoms with van der Waals surface area (Å²) in [5, 5.41) is 24.7. The monoisotopic (exact) mass is 590 g/mol. The Kier molecular flexibility index (Phi) is 10.2. The first-order chi connectivity index (χ1) is 20.6. The summed E-state index contributed by atoms with van der Waals surface area (Å²) < 4.78 is 11.7. The normalized spacial score (nSPS) is 17.3. The number of urea groups is 1. The molecule has 1 aliphatic heterocycles. The van der Waals surface area contributed by atoms with Gasteiger partial charge < -0.3 is 35.2 Å². The number of methoxy groups -OCH3 is 1. The van der Waals surface area contributed by atoms with Crippen molar-refractivity contribution in [1.29, 1.82) is 0 Å². The second-order valence-electron chi connectivity index (χ2n) is 10.8. The van der Waals surface area contributed by atoms with Gasteiger partial charge in [0.1, 0.15) is 11.9 Å². The number of ether oxygens (including phenoxy) is 2. The van der Waals surface area contributed by atoms with Crippen molar-refractivity contribution in [2.75, 3.05) is 44.5 Å². The molecule has 0 fully saturated rings. The number of carboxylic acids is 1. The van der Waals surface area contributed by atoms with Gasteiger partial charge in [-0.05, 0) is 68.1 Å². The molecule has 4 N–H and O–H groups in total. The van der Waals surface area contributed by atoms with Crippen LogP contribution in [0, 0.1) is 5.92 Å². The highest BCUT2D eigenvalue weighted by atomic mass is 16.5. The van der Waals surface area contributed by atoms with Crippen LogP contribution in [-0.2, 0) is 6.54 Å². The van der Waals surface area contributed by atoms with Gasteiger partial charge in [0.2, 0.25) is 0 Å². The van der Waals surface area contributed by atoms with Crippen molar-refractivity contribution in [2.45, 2.75) is 32.5 Å². The molecule has 0 aromatic heterocycles. The molecule has 1 aliphatic rings. The number of nitrogens with one attached hydrogen (secondary N) is 2. The number of carbonyl (C=O) groups is 3. The second kappa shape index (κ2) is 14.0. The summed E-state index contributed by atoms with van der Waals surface area (Å²) in [6.45, 7) is 4.96. The highest BCUT2D eigenvalue weighted by molar-refractivity contribution is 6.04. The topological polar surface area (TPSA) is 141 Å². The number of anilines is 2. The number of nitrogens with zero attached hydrogens (tertiary/aromatic N) is 2. The van der Waals surface area contributed by atoms with Crippen LogP contribution in [0.4, 0.5) is 16.2 Å². The van der Waals surface area contributed by atoms with Crippen molar-refractivity contribution in [1.82, 2.24) is 9.80 Å². The molecule has 0 radical (unpaired) electrons. The third-order valence-electron chi connectivity index (χ3n) is 7.43. The van der Waals surface area contributed by atoms with Gasteiger partial charge in [0.25, 0.3) is 5.91 Å². The first-order valence-electron chi connectivity index (χ1n) is 14.0. The predicted molar refractivity (Wildman–Crippen MR) is 163 cm³/mol. The zero-order valence-electron chi connectivity index (χ0n) is 24.7.